The van der Waals surface area contributed by atoms with Gasteiger partial charge in [-0.3, -0.25) is 4.79 Å². The number of amides is 1. The number of benzene rings is 2. The monoisotopic (exact) mass is 420 g/mol. The number of alkyl halides is 3. The molecule has 0 bridgehead atoms. The molecule has 2 N–H and O–H groups in total. The number of hydrogen-bond acceptors (Lipinski definition) is 4. The minimum absolute atomic E-state index is 0.280. The normalized spacial score (nSPS) is 12.2. The molecule has 0 fully saturated rings. The van der Waals surface area contributed by atoms with Crippen LogP contribution in [0, 0.1) is 5.82 Å². The lowest BCUT2D eigenvalue weighted by atomic mass is 10.2. The van der Waals surface area contributed by atoms with E-state index < -0.39 is 21.7 Å². The SMILES string of the molecule is COc1ccc(C(=O)N[C@@H](Nc2ccc(F)cc2)C(Cl)(Cl)Cl)cc1OC. The van der Waals surface area contributed by atoms with Gasteiger partial charge in [-0.25, -0.2) is 4.39 Å². The number of nitrogens with one attached hydrogen (secondary N) is 2. The van der Waals surface area contributed by atoms with E-state index in [0.717, 1.165) is 0 Å². The van der Waals surface area contributed by atoms with Crippen LogP contribution >= 0.6 is 34.8 Å². The van der Waals surface area contributed by atoms with Crippen LogP contribution in [0.2, 0.25) is 0 Å². The molecular formula is C17H16Cl3FN2O3. The van der Waals surface area contributed by atoms with E-state index in [9.17, 15) is 9.18 Å². The summed E-state index contributed by atoms with van der Waals surface area (Å²) in [4.78, 5) is 12.5. The van der Waals surface area contributed by atoms with Gasteiger partial charge in [0.05, 0.1) is 14.2 Å². The molecule has 5 nitrogen and oxygen atoms in total. The summed E-state index contributed by atoms with van der Waals surface area (Å²) >= 11 is 17.9. The molecule has 2 aromatic rings. The first-order valence-electron chi connectivity index (χ1n) is 7.36. The molecule has 0 aliphatic heterocycles. The lowest BCUT2D eigenvalue weighted by Gasteiger charge is -2.27. The van der Waals surface area contributed by atoms with Crippen molar-refractivity contribution in [2.24, 2.45) is 0 Å². The van der Waals surface area contributed by atoms with Crippen LogP contribution in [0.25, 0.3) is 0 Å². The van der Waals surface area contributed by atoms with Gasteiger partial charge in [0.1, 0.15) is 12.0 Å². The highest BCUT2D eigenvalue weighted by Crippen LogP contribution is 2.32. The summed E-state index contributed by atoms with van der Waals surface area (Å²) in [6.45, 7) is 0. The number of anilines is 1. The number of methoxy groups -OCH3 is 2. The smallest absolute Gasteiger partial charge is 0.253 e. The number of carbonyl (C=O) groups is 1. The Morgan fingerprint density at radius 1 is 1.04 bits per heavy atom. The summed E-state index contributed by atoms with van der Waals surface area (Å²) in [5.41, 5.74) is 0.748. The third kappa shape index (κ3) is 5.30. The summed E-state index contributed by atoms with van der Waals surface area (Å²) in [6.07, 6.45) is -1.07. The molecule has 0 radical (unpaired) electrons. The highest BCUT2D eigenvalue weighted by atomic mass is 35.6. The Hall–Kier alpha value is -1.89. The number of rotatable bonds is 6. The molecule has 0 aliphatic carbocycles. The van der Waals surface area contributed by atoms with Crippen LogP contribution in [0.5, 0.6) is 11.5 Å². The van der Waals surface area contributed by atoms with Crippen molar-refractivity contribution in [3.05, 3.63) is 53.8 Å². The number of carbonyl (C=O) groups excluding carboxylic acids is 1. The van der Waals surface area contributed by atoms with Gasteiger partial charge in [0.15, 0.2) is 11.5 Å². The molecule has 0 spiro atoms. The summed E-state index contributed by atoms with van der Waals surface area (Å²) in [6, 6.07) is 10.0. The standard InChI is InChI=1S/C17H16Cl3FN2O3/c1-25-13-8-3-10(9-14(13)26-2)15(24)23-16(17(18,19)20)22-12-6-4-11(21)5-7-12/h3-9,16,22H,1-2H3,(H,23,24)/t16-/m1/s1. The zero-order valence-corrected chi connectivity index (χ0v) is 16.1. The lowest BCUT2D eigenvalue weighted by molar-refractivity contribution is 0.0941. The minimum atomic E-state index is -1.86. The third-order valence-corrected chi connectivity index (χ3v) is 4.06. The fourth-order valence-corrected chi connectivity index (χ4v) is 2.43. The third-order valence-electron chi connectivity index (χ3n) is 3.40. The van der Waals surface area contributed by atoms with Crippen molar-refractivity contribution < 1.29 is 18.7 Å². The molecule has 0 heterocycles. The maximum absolute atomic E-state index is 13.0. The van der Waals surface area contributed by atoms with Gasteiger partial charge >= 0.3 is 0 Å². The first-order chi connectivity index (χ1) is 12.2. The van der Waals surface area contributed by atoms with Crippen molar-refractivity contribution in [1.29, 1.82) is 0 Å². The second-order valence-corrected chi connectivity index (χ2v) is 7.54. The van der Waals surface area contributed by atoms with E-state index >= 15 is 0 Å². The van der Waals surface area contributed by atoms with Crippen molar-refractivity contribution in [1.82, 2.24) is 5.32 Å². The van der Waals surface area contributed by atoms with E-state index in [1.165, 1.54) is 44.6 Å². The van der Waals surface area contributed by atoms with Gasteiger partial charge in [-0.1, -0.05) is 34.8 Å². The van der Waals surface area contributed by atoms with Crippen LogP contribution in [0.4, 0.5) is 10.1 Å². The predicted molar refractivity (Wildman–Crippen MR) is 101 cm³/mol. The molecule has 140 valence electrons. The van der Waals surface area contributed by atoms with E-state index in [1.54, 1.807) is 12.1 Å². The van der Waals surface area contributed by atoms with Gasteiger partial charge in [-0.2, -0.15) is 0 Å². The van der Waals surface area contributed by atoms with Crippen molar-refractivity contribution >= 4 is 46.4 Å². The Morgan fingerprint density at radius 2 is 1.65 bits per heavy atom. The van der Waals surface area contributed by atoms with E-state index in [1.807, 2.05) is 0 Å². The first kappa shape index (κ1) is 20.4. The van der Waals surface area contributed by atoms with Gasteiger partial charge in [-0.15, -0.1) is 0 Å². The van der Waals surface area contributed by atoms with E-state index in [0.29, 0.717) is 17.2 Å². The van der Waals surface area contributed by atoms with Crippen molar-refractivity contribution in [2.75, 3.05) is 19.5 Å². The summed E-state index contributed by atoms with van der Waals surface area (Å²) in [5, 5.41) is 5.44. The van der Waals surface area contributed by atoms with Crippen LogP contribution in [0.1, 0.15) is 10.4 Å². The molecular weight excluding hydrogens is 406 g/mol. The van der Waals surface area contributed by atoms with Crippen LogP contribution in [0.3, 0.4) is 0 Å². The molecule has 1 amide bonds. The van der Waals surface area contributed by atoms with Gasteiger partial charge in [-0.05, 0) is 42.5 Å². The average molecular weight is 422 g/mol. The summed E-state index contributed by atoms with van der Waals surface area (Å²) in [5.74, 6) is -0.0456. The Bertz CT molecular complexity index is 767. The molecule has 2 aromatic carbocycles. The number of halogens is 4. The van der Waals surface area contributed by atoms with E-state index in [-0.39, 0.29) is 5.56 Å². The highest BCUT2D eigenvalue weighted by Gasteiger charge is 2.34. The van der Waals surface area contributed by atoms with Crippen molar-refractivity contribution in [2.45, 2.75) is 9.96 Å². The van der Waals surface area contributed by atoms with E-state index in [2.05, 4.69) is 10.6 Å². The second kappa shape index (κ2) is 8.66. The van der Waals surface area contributed by atoms with Gasteiger partial charge in [0.2, 0.25) is 3.79 Å². The Kier molecular flexibility index (Phi) is 6.81. The Balaban J connectivity index is 2.20. The Labute approximate surface area is 165 Å². The van der Waals surface area contributed by atoms with Gasteiger partial charge in [0.25, 0.3) is 5.91 Å². The molecule has 0 saturated carbocycles. The van der Waals surface area contributed by atoms with Gasteiger partial charge in [0, 0.05) is 11.3 Å². The van der Waals surface area contributed by atoms with E-state index in [4.69, 9.17) is 44.3 Å². The van der Waals surface area contributed by atoms with Gasteiger partial charge < -0.3 is 20.1 Å². The minimum Gasteiger partial charge on any atom is -0.493 e. The molecule has 0 unspecified atom stereocenters. The van der Waals surface area contributed by atoms with Crippen LogP contribution in [0.15, 0.2) is 42.5 Å². The largest absolute Gasteiger partial charge is 0.493 e. The summed E-state index contributed by atoms with van der Waals surface area (Å²) < 4.78 is 21.5. The molecule has 0 saturated heterocycles. The molecule has 1 atom stereocenters. The molecule has 2 rings (SSSR count). The topological polar surface area (TPSA) is 59.6 Å². The molecule has 0 aromatic heterocycles. The average Bonchev–Trinajstić information content (AvgIpc) is 2.61. The fraction of sp³-hybridized carbons (Fsp3) is 0.235. The van der Waals surface area contributed by atoms with Crippen LogP contribution in [-0.2, 0) is 0 Å². The summed E-state index contributed by atoms with van der Waals surface area (Å²) in [7, 11) is 2.95. The molecule has 0 aliphatic rings. The number of hydrogen-bond donors (Lipinski definition) is 2. The van der Waals surface area contributed by atoms with Crippen LogP contribution < -0.4 is 20.1 Å². The quantitative estimate of drug-likeness (QED) is 0.537. The zero-order valence-electron chi connectivity index (χ0n) is 13.9. The van der Waals surface area contributed by atoms with Crippen molar-refractivity contribution in [3.8, 4) is 11.5 Å². The maximum atomic E-state index is 13.0. The molecule has 9 heteroatoms. The number of ether oxygens (including phenoxy) is 2. The van der Waals surface area contributed by atoms with Crippen molar-refractivity contribution in [3.63, 3.8) is 0 Å². The molecule has 26 heavy (non-hydrogen) atoms. The first-order valence-corrected chi connectivity index (χ1v) is 8.49. The lowest BCUT2D eigenvalue weighted by Crippen LogP contribution is -2.49. The maximum Gasteiger partial charge on any atom is 0.253 e. The Morgan fingerprint density at radius 3 is 2.19 bits per heavy atom. The highest BCUT2D eigenvalue weighted by molar-refractivity contribution is 6.68. The van der Waals surface area contributed by atoms with Crippen LogP contribution in [-0.4, -0.2) is 30.1 Å². The predicted octanol–water partition coefficient (Wildman–Crippen LogP) is 4.38. The zero-order chi connectivity index (χ0) is 19.3. The fourth-order valence-electron chi connectivity index (χ4n) is 2.10. The second-order valence-electron chi connectivity index (χ2n) is 5.17.